The Kier molecular flexibility index (Phi) is 6.19. The molecule has 114 valence electrons. The summed E-state index contributed by atoms with van der Waals surface area (Å²) in [5.74, 6) is -1.90. The Bertz CT molecular complexity index is 504. The lowest BCUT2D eigenvalue weighted by Crippen LogP contribution is -2.43. The summed E-state index contributed by atoms with van der Waals surface area (Å²) in [4.78, 5) is 33.8. The summed E-state index contributed by atoms with van der Waals surface area (Å²) >= 11 is 0. The van der Waals surface area contributed by atoms with Crippen LogP contribution in [0.2, 0.25) is 0 Å². The van der Waals surface area contributed by atoms with Crippen molar-refractivity contribution >= 4 is 17.9 Å². The zero-order chi connectivity index (χ0) is 15.8. The van der Waals surface area contributed by atoms with Crippen LogP contribution in [0.15, 0.2) is 30.3 Å². The Morgan fingerprint density at radius 3 is 2.38 bits per heavy atom. The normalized spacial score (nSPS) is 13.0. The van der Waals surface area contributed by atoms with Gasteiger partial charge in [-0.05, 0) is 12.0 Å². The highest BCUT2D eigenvalue weighted by Gasteiger charge is 2.21. The second kappa shape index (κ2) is 7.88. The largest absolute Gasteiger partial charge is 0.481 e. The van der Waals surface area contributed by atoms with Gasteiger partial charge in [-0.3, -0.25) is 9.59 Å². The number of nitrogens with one attached hydrogen (secondary N) is 2. The predicted molar refractivity (Wildman–Crippen MR) is 76.3 cm³/mol. The number of carboxylic acids is 1. The molecule has 0 bridgehead atoms. The Hall–Kier alpha value is -2.57. The summed E-state index contributed by atoms with van der Waals surface area (Å²) in [6.45, 7) is 1.76. The first kappa shape index (κ1) is 16.5. The number of amides is 3. The van der Waals surface area contributed by atoms with Gasteiger partial charge in [0.15, 0.2) is 0 Å². The van der Waals surface area contributed by atoms with Gasteiger partial charge >= 0.3 is 12.0 Å². The molecule has 1 aromatic rings. The molecule has 21 heavy (non-hydrogen) atoms. The van der Waals surface area contributed by atoms with E-state index in [0.717, 1.165) is 0 Å². The molecule has 0 heterocycles. The Balaban J connectivity index is 2.65. The number of carbonyl (C=O) groups excluding carboxylic acids is 2. The van der Waals surface area contributed by atoms with Crippen LogP contribution in [0.4, 0.5) is 4.79 Å². The molecule has 0 radical (unpaired) electrons. The summed E-state index contributed by atoms with van der Waals surface area (Å²) in [5, 5.41) is 13.7. The van der Waals surface area contributed by atoms with Gasteiger partial charge in [-0.15, -0.1) is 0 Å². The molecule has 0 aromatic heterocycles. The minimum Gasteiger partial charge on any atom is -0.481 e. The molecule has 1 aromatic carbocycles. The molecular formula is C14H19N3O4. The molecule has 2 unspecified atom stereocenters. The summed E-state index contributed by atoms with van der Waals surface area (Å²) in [5.41, 5.74) is 5.67. The van der Waals surface area contributed by atoms with Crippen molar-refractivity contribution in [3.8, 4) is 0 Å². The average molecular weight is 293 g/mol. The van der Waals surface area contributed by atoms with Crippen LogP contribution in [0.5, 0.6) is 0 Å². The topological polar surface area (TPSA) is 122 Å². The maximum Gasteiger partial charge on any atom is 0.313 e. The Morgan fingerprint density at radius 1 is 1.24 bits per heavy atom. The second-order valence-corrected chi connectivity index (χ2v) is 4.67. The SMILES string of the molecule is CC(CCNC(=O)C(NC(N)=O)c1ccccc1)C(=O)O. The standard InChI is InChI=1S/C14H19N3O4/c1-9(13(19)20)7-8-16-12(18)11(17-14(15)21)10-5-3-2-4-6-10/h2-6,9,11H,7-8H2,1H3,(H,16,18)(H,19,20)(H3,15,17,21). The zero-order valence-electron chi connectivity index (χ0n) is 11.7. The number of rotatable bonds is 7. The second-order valence-electron chi connectivity index (χ2n) is 4.67. The lowest BCUT2D eigenvalue weighted by molar-refractivity contribution is -0.141. The molecule has 7 heteroatoms. The zero-order valence-corrected chi connectivity index (χ0v) is 11.7. The van der Waals surface area contributed by atoms with E-state index in [1.54, 1.807) is 37.3 Å². The highest BCUT2D eigenvalue weighted by molar-refractivity contribution is 5.87. The van der Waals surface area contributed by atoms with Crippen LogP contribution in [0.1, 0.15) is 24.9 Å². The minimum atomic E-state index is -0.917. The van der Waals surface area contributed by atoms with E-state index >= 15 is 0 Å². The first-order valence-corrected chi connectivity index (χ1v) is 6.53. The Morgan fingerprint density at radius 2 is 1.86 bits per heavy atom. The summed E-state index contributed by atoms with van der Waals surface area (Å²) < 4.78 is 0. The number of benzene rings is 1. The third-order valence-corrected chi connectivity index (χ3v) is 2.98. The van der Waals surface area contributed by atoms with Gasteiger partial charge < -0.3 is 21.5 Å². The van der Waals surface area contributed by atoms with Crippen molar-refractivity contribution in [2.45, 2.75) is 19.4 Å². The van der Waals surface area contributed by atoms with Crippen LogP contribution >= 0.6 is 0 Å². The van der Waals surface area contributed by atoms with Crippen molar-refractivity contribution in [1.29, 1.82) is 0 Å². The lowest BCUT2D eigenvalue weighted by Gasteiger charge is -2.18. The van der Waals surface area contributed by atoms with Crippen LogP contribution in [0.3, 0.4) is 0 Å². The maximum absolute atomic E-state index is 12.1. The summed E-state index contributed by atoms with van der Waals surface area (Å²) in [7, 11) is 0. The molecule has 7 nitrogen and oxygen atoms in total. The van der Waals surface area contributed by atoms with Gasteiger partial charge in [-0.2, -0.15) is 0 Å². The van der Waals surface area contributed by atoms with Crippen LogP contribution in [-0.4, -0.2) is 29.6 Å². The van der Waals surface area contributed by atoms with Gasteiger partial charge in [0.2, 0.25) is 5.91 Å². The number of urea groups is 1. The van der Waals surface area contributed by atoms with Crippen LogP contribution < -0.4 is 16.4 Å². The van der Waals surface area contributed by atoms with E-state index in [-0.39, 0.29) is 6.54 Å². The van der Waals surface area contributed by atoms with Gasteiger partial charge in [0, 0.05) is 6.54 Å². The van der Waals surface area contributed by atoms with Crippen LogP contribution in [0, 0.1) is 5.92 Å². The molecule has 0 fully saturated rings. The van der Waals surface area contributed by atoms with Gasteiger partial charge in [-0.1, -0.05) is 37.3 Å². The van der Waals surface area contributed by atoms with E-state index in [4.69, 9.17) is 10.8 Å². The number of carboxylic acid groups (broad SMARTS) is 1. The van der Waals surface area contributed by atoms with E-state index in [0.29, 0.717) is 12.0 Å². The monoisotopic (exact) mass is 293 g/mol. The number of hydrogen-bond acceptors (Lipinski definition) is 3. The van der Waals surface area contributed by atoms with Gasteiger partial charge in [-0.25, -0.2) is 4.79 Å². The van der Waals surface area contributed by atoms with Crippen molar-refractivity contribution in [2.75, 3.05) is 6.54 Å². The summed E-state index contributed by atoms with van der Waals surface area (Å²) in [6, 6.07) is 6.95. The fraction of sp³-hybridized carbons (Fsp3) is 0.357. The van der Waals surface area contributed by atoms with Crippen molar-refractivity contribution in [2.24, 2.45) is 11.7 Å². The summed E-state index contributed by atoms with van der Waals surface area (Å²) in [6.07, 6.45) is 0.305. The highest BCUT2D eigenvalue weighted by atomic mass is 16.4. The average Bonchev–Trinajstić information content (AvgIpc) is 2.45. The number of primary amides is 1. The number of nitrogens with two attached hydrogens (primary N) is 1. The van der Waals surface area contributed by atoms with Crippen molar-refractivity contribution in [1.82, 2.24) is 10.6 Å². The smallest absolute Gasteiger partial charge is 0.313 e. The van der Waals surface area contributed by atoms with Gasteiger partial charge in [0.25, 0.3) is 0 Å². The molecule has 0 aliphatic rings. The predicted octanol–water partition coefficient (Wildman–Crippen LogP) is 0.623. The molecule has 0 saturated carbocycles. The third kappa shape index (κ3) is 5.52. The van der Waals surface area contributed by atoms with E-state index in [1.807, 2.05) is 0 Å². The number of aliphatic carboxylic acids is 1. The number of carbonyl (C=O) groups is 3. The van der Waals surface area contributed by atoms with Gasteiger partial charge in [0.05, 0.1) is 5.92 Å². The fourth-order valence-electron chi connectivity index (χ4n) is 1.73. The first-order valence-electron chi connectivity index (χ1n) is 6.53. The van der Waals surface area contributed by atoms with Crippen molar-refractivity contribution in [3.05, 3.63) is 35.9 Å². The molecular weight excluding hydrogens is 274 g/mol. The van der Waals surface area contributed by atoms with E-state index in [2.05, 4.69) is 10.6 Å². The molecule has 3 amide bonds. The molecule has 2 atom stereocenters. The molecule has 1 rings (SSSR count). The van der Waals surface area contributed by atoms with E-state index in [1.165, 1.54) is 0 Å². The quantitative estimate of drug-likeness (QED) is 0.588. The molecule has 0 aliphatic carbocycles. The van der Waals surface area contributed by atoms with Crippen molar-refractivity contribution in [3.63, 3.8) is 0 Å². The molecule has 5 N–H and O–H groups in total. The fourth-order valence-corrected chi connectivity index (χ4v) is 1.73. The van der Waals surface area contributed by atoms with E-state index in [9.17, 15) is 14.4 Å². The van der Waals surface area contributed by atoms with Crippen molar-refractivity contribution < 1.29 is 19.5 Å². The van der Waals surface area contributed by atoms with Crippen LogP contribution in [0.25, 0.3) is 0 Å². The van der Waals surface area contributed by atoms with E-state index < -0.39 is 29.9 Å². The molecule has 0 spiro atoms. The molecule has 0 aliphatic heterocycles. The third-order valence-electron chi connectivity index (χ3n) is 2.98. The first-order chi connectivity index (χ1) is 9.91. The molecule has 0 saturated heterocycles. The minimum absolute atomic E-state index is 0.204. The Labute approximate surface area is 122 Å². The van der Waals surface area contributed by atoms with Crippen LogP contribution in [-0.2, 0) is 9.59 Å². The highest BCUT2D eigenvalue weighted by Crippen LogP contribution is 2.12. The number of hydrogen-bond donors (Lipinski definition) is 4. The van der Waals surface area contributed by atoms with Gasteiger partial charge in [0.1, 0.15) is 6.04 Å². The lowest BCUT2D eigenvalue weighted by atomic mass is 10.1. The maximum atomic E-state index is 12.1.